The number of amides is 2. The van der Waals surface area contributed by atoms with Gasteiger partial charge in [-0.1, -0.05) is 24.3 Å². The second-order valence-corrected chi connectivity index (χ2v) is 10.2. The first-order valence-electron chi connectivity index (χ1n) is 13.4. The first-order chi connectivity index (χ1) is 19.4. The molecule has 1 fully saturated rings. The van der Waals surface area contributed by atoms with Gasteiger partial charge in [0.05, 0.1) is 25.9 Å². The van der Waals surface area contributed by atoms with Crippen LogP contribution in [0.5, 0.6) is 11.5 Å². The molecule has 2 heterocycles. The number of nitrogens with one attached hydrogen (secondary N) is 2. The van der Waals surface area contributed by atoms with Crippen molar-refractivity contribution in [3.05, 3.63) is 65.7 Å². The fourth-order valence-electron chi connectivity index (χ4n) is 5.13. The monoisotopic (exact) mass is 548 g/mol. The van der Waals surface area contributed by atoms with E-state index < -0.39 is 6.04 Å². The van der Waals surface area contributed by atoms with Gasteiger partial charge >= 0.3 is 0 Å². The fourth-order valence-corrected chi connectivity index (χ4v) is 5.13. The summed E-state index contributed by atoms with van der Waals surface area (Å²) in [5.41, 5.74) is 2.00. The number of hydrogen-bond acceptors (Lipinski definition) is 8. The van der Waals surface area contributed by atoms with Gasteiger partial charge in [-0.05, 0) is 55.1 Å². The van der Waals surface area contributed by atoms with Crippen molar-refractivity contribution >= 4 is 28.3 Å². The number of rotatable bonds is 10. The summed E-state index contributed by atoms with van der Waals surface area (Å²) in [7, 11) is 5.14. The Bertz CT molecular complexity index is 1400. The van der Waals surface area contributed by atoms with E-state index in [0.29, 0.717) is 22.7 Å². The molecule has 0 saturated carbocycles. The van der Waals surface area contributed by atoms with Crippen molar-refractivity contribution in [2.45, 2.75) is 37.9 Å². The van der Waals surface area contributed by atoms with Crippen LogP contribution in [-0.2, 0) is 16.1 Å². The standard InChI is InChI=1S/C30H36N4O6/c1-18(31-2)27-28(40-27)32-23-17-39-26-8-6-5-7-24(26)34(30(23)37)16-22-21-11-9-20(29(36)33(3)13-14-35)15-19(21)10-12-25(22)38-4/h5-12,15,18,23,27-28,31-32,35H,13-14,16-17H2,1-4H3. The van der Waals surface area contributed by atoms with Crippen LogP contribution in [0, 0.1) is 0 Å². The van der Waals surface area contributed by atoms with Gasteiger partial charge in [-0.3, -0.25) is 14.9 Å². The molecule has 0 radical (unpaired) electrons. The summed E-state index contributed by atoms with van der Waals surface area (Å²) in [6, 6.07) is 16.3. The van der Waals surface area contributed by atoms with Crippen molar-refractivity contribution in [1.29, 1.82) is 0 Å². The molecule has 0 aromatic heterocycles. The lowest BCUT2D eigenvalue weighted by molar-refractivity contribution is -0.121. The number of hydrogen-bond donors (Lipinski definition) is 3. The van der Waals surface area contributed by atoms with Crippen molar-refractivity contribution in [2.75, 3.05) is 45.9 Å². The van der Waals surface area contributed by atoms with Crippen LogP contribution in [0.25, 0.3) is 10.8 Å². The number of ether oxygens (including phenoxy) is 3. The Hall–Kier alpha value is -3.70. The van der Waals surface area contributed by atoms with Crippen molar-refractivity contribution in [2.24, 2.45) is 0 Å². The number of carbonyl (C=O) groups is 2. The molecule has 10 heteroatoms. The smallest absolute Gasteiger partial charge is 0.253 e. The van der Waals surface area contributed by atoms with Gasteiger partial charge < -0.3 is 34.4 Å². The van der Waals surface area contributed by atoms with Gasteiger partial charge in [-0.2, -0.15) is 0 Å². The van der Waals surface area contributed by atoms with E-state index in [9.17, 15) is 14.7 Å². The molecule has 212 valence electrons. The number of aliphatic hydroxyl groups excluding tert-OH is 1. The van der Waals surface area contributed by atoms with Crippen molar-refractivity contribution in [3.8, 4) is 11.5 Å². The van der Waals surface area contributed by atoms with E-state index in [2.05, 4.69) is 10.6 Å². The Kier molecular flexibility index (Phi) is 8.22. The molecule has 3 N–H and O–H groups in total. The summed E-state index contributed by atoms with van der Waals surface area (Å²) < 4.78 is 17.6. The minimum absolute atomic E-state index is 0.0247. The number of para-hydroxylation sites is 2. The van der Waals surface area contributed by atoms with Crippen LogP contribution in [0.2, 0.25) is 0 Å². The van der Waals surface area contributed by atoms with E-state index in [0.717, 1.165) is 16.3 Å². The number of methoxy groups -OCH3 is 1. The predicted molar refractivity (Wildman–Crippen MR) is 152 cm³/mol. The lowest BCUT2D eigenvalue weighted by Crippen LogP contribution is -2.50. The number of benzene rings is 3. The van der Waals surface area contributed by atoms with E-state index in [4.69, 9.17) is 14.2 Å². The summed E-state index contributed by atoms with van der Waals surface area (Å²) in [5.74, 6) is 0.949. The van der Waals surface area contributed by atoms with Crippen LogP contribution in [0.15, 0.2) is 54.6 Å². The molecular weight excluding hydrogens is 512 g/mol. The lowest BCUT2D eigenvalue weighted by Gasteiger charge is -2.26. The van der Waals surface area contributed by atoms with Crippen LogP contribution in [0.1, 0.15) is 22.8 Å². The van der Waals surface area contributed by atoms with Crippen LogP contribution in [0.4, 0.5) is 5.69 Å². The Morgan fingerprint density at radius 1 is 1.23 bits per heavy atom. The number of carbonyl (C=O) groups excluding carboxylic acids is 2. The molecule has 2 aliphatic rings. The molecule has 40 heavy (non-hydrogen) atoms. The van der Waals surface area contributed by atoms with Gasteiger partial charge in [0, 0.05) is 30.8 Å². The molecule has 1 saturated heterocycles. The molecule has 0 spiro atoms. The highest BCUT2D eigenvalue weighted by molar-refractivity contribution is 6.02. The van der Waals surface area contributed by atoms with Crippen LogP contribution in [0.3, 0.4) is 0 Å². The molecule has 3 aromatic rings. The van der Waals surface area contributed by atoms with Crippen molar-refractivity contribution < 1.29 is 28.9 Å². The van der Waals surface area contributed by atoms with Gasteiger partial charge in [0.2, 0.25) is 5.91 Å². The largest absolute Gasteiger partial charge is 0.496 e. The zero-order valence-corrected chi connectivity index (χ0v) is 23.2. The summed E-state index contributed by atoms with van der Waals surface area (Å²) in [6.45, 7) is 2.59. The van der Waals surface area contributed by atoms with Crippen molar-refractivity contribution in [3.63, 3.8) is 0 Å². The van der Waals surface area contributed by atoms with Crippen LogP contribution >= 0.6 is 0 Å². The minimum atomic E-state index is -0.612. The summed E-state index contributed by atoms with van der Waals surface area (Å²) >= 11 is 0. The van der Waals surface area contributed by atoms with Gasteiger partial charge in [0.15, 0.2) is 0 Å². The summed E-state index contributed by atoms with van der Waals surface area (Å²) in [5, 5.41) is 17.5. The maximum absolute atomic E-state index is 14.0. The number of aliphatic hydroxyl groups is 1. The van der Waals surface area contributed by atoms with Gasteiger partial charge in [-0.15, -0.1) is 0 Å². The molecule has 5 rings (SSSR count). The first kappa shape index (κ1) is 27.9. The Morgan fingerprint density at radius 2 is 2.02 bits per heavy atom. The normalized spacial score (nSPS) is 20.9. The Balaban J connectivity index is 1.49. The van der Waals surface area contributed by atoms with E-state index in [1.165, 1.54) is 4.90 Å². The SMILES string of the molecule is CNC(C)C1OC1NC1COc2ccccc2N(Cc2c(OC)ccc3cc(C(=O)N(C)CCO)ccc23)C1=O. The van der Waals surface area contributed by atoms with E-state index in [-0.39, 0.29) is 56.5 Å². The second kappa shape index (κ2) is 11.8. The van der Waals surface area contributed by atoms with E-state index in [1.807, 2.05) is 62.5 Å². The summed E-state index contributed by atoms with van der Waals surface area (Å²) in [4.78, 5) is 30.1. The van der Waals surface area contributed by atoms with Gasteiger partial charge in [0.25, 0.3) is 5.91 Å². The number of fused-ring (bicyclic) bond motifs is 2. The maximum Gasteiger partial charge on any atom is 0.253 e. The number of epoxide rings is 1. The third-order valence-electron chi connectivity index (χ3n) is 7.62. The fraction of sp³-hybridized carbons (Fsp3) is 0.400. The average molecular weight is 549 g/mol. The third kappa shape index (κ3) is 5.48. The Morgan fingerprint density at radius 3 is 2.77 bits per heavy atom. The lowest BCUT2D eigenvalue weighted by atomic mass is 9.99. The molecule has 0 aliphatic carbocycles. The highest BCUT2D eigenvalue weighted by Gasteiger charge is 2.46. The van der Waals surface area contributed by atoms with Gasteiger partial charge in [0.1, 0.15) is 36.5 Å². The molecule has 4 atom stereocenters. The van der Waals surface area contributed by atoms with E-state index in [1.54, 1.807) is 25.1 Å². The van der Waals surface area contributed by atoms with Gasteiger partial charge in [-0.25, -0.2) is 0 Å². The predicted octanol–water partition coefficient (Wildman–Crippen LogP) is 2.13. The van der Waals surface area contributed by atoms with Crippen molar-refractivity contribution in [1.82, 2.24) is 15.5 Å². The summed E-state index contributed by atoms with van der Waals surface area (Å²) in [6.07, 6.45) is -0.265. The second-order valence-electron chi connectivity index (χ2n) is 10.2. The number of likely N-dealkylation sites (N-methyl/N-ethyl adjacent to an activating group) is 2. The quantitative estimate of drug-likeness (QED) is 0.330. The zero-order valence-electron chi connectivity index (χ0n) is 23.2. The maximum atomic E-state index is 14.0. The first-order valence-corrected chi connectivity index (χ1v) is 13.4. The van der Waals surface area contributed by atoms with Crippen LogP contribution in [-0.4, -0.2) is 87.2 Å². The zero-order chi connectivity index (χ0) is 28.4. The highest BCUT2D eigenvalue weighted by atomic mass is 16.6. The molecule has 3 aromatic carbocycles. The molecule has 0 bridgehead atoms. The molecule has 10 nitrogen and oxygen atoms in total. The Labute approximate surface area is 233 Å². The van der Waals surface area contributed by atoms with Crippen LogP contribution < -0.4 is 25.0 Å². The van der Waals surface area contributed by atoms with E-state index >= 15 is 0 Å². The number of nitrogens with zero attached hydrogens (tertiary/aromatic N) is 2. The molecular formula is C30H36N4O6. The number of anilines is 1. The topological polar surface area (TPSA) is 116 Å². The highest BCUT2D eigenvalue weighted by Crippen LogP contribution is 2.37. The minimum Gasteiger partial charge on any atom is -0.496 e. The average Bonchev–Trinajstić information content (AvgIpc) is 3.77. The third-order valence-corrected chi connectivity index (χ3v) is 7.62. The molecule has 2 amide bonds. The molecule has 4 unspecified atom stereocenters. The molecule has 2 aliphatic heterocycles.